The van der Waals surface area contributed by atoms with Crippen LogP contribution in [0.2, 0.25) is 0 Å². The number of rotatable bonds is 4. The average Bonchev–Trinajstić information content (AvgIpc) is 2.24. The molecule has 1 N–H and O–H groups in total. The summed E-state index contributed by atoms with van der Waals surface area (Å²) in [6, 6.07) is 10.4. The highest BCUT2D eigenvalue weighted by atomic mass is 16.2. The molecule has 2 rings (SSSR count). The van der Waals surface area contributed by atoms with Crippen molar-refractivity contribution in [3.05, 3.63) is 35.9 Å². The van der Waals surface area contributed by atoms with E-state index in [9.17, 15) is 4.79 Å². The topological polar surface area (TPSA) is 29.1 Å². The summed E-state index contributed by atoms with van der Waals surface area (Å²) in [4.78, 5) is 12.0. The second-order valence-electron chi connectivity index (χ2n) is 5.27. The molecule has 0 aromatic heterocycles. The van der Waals surface area contributed by atoms with Crippen LogP contribution >= 0.6 is 0 Å². The van der Waals surface area contributed by atoms with Crippen molar-refractivity contribution in [2.24, 2.45) is 11.8 Å². The van der Waals surface area contributed by atoms with E-state index in [1.54, 1.807) is 0 Å². The van der Waals surface area contributed by atoms with Crippen molar-refractivity contribution in [2.75, 3.05) is 0 Å². The molecule has 1 aliphatic carbocycles. The molecule has 1 atom stereocenters. The SMILES string of the molecule is CC(C)[C@H](NC(=O)C1CCC1)c1ccccc1. The van der Waals surface area contributed by atoms with Crippen LogP contribution in [0.5, 0.6) is 0 Å². The number of nitrogens with one attached hydrogen (secondary N) is 1. The first-order valence-corrected chi connectivity index (χ1v) is 6.54. The average molecular weight is 231 g/mol. The van der Waals surface area contributed by atoms with E-state index in [0.29, 0.717) is 5.92 Å². The minimum atomic E-state index is 0.143. The fourth-order valence-corrected chi connectivity index (χ4v) is 2.24. The van der Waals surface area contributed by atoms with Gasteiger partial charge < -0.3 is 5.32 Å². The van der Waals surface area contributed by atoms with Crippen LogP contribution in [-0.2, 0) is 4.79 Å². The van der Waals surface area contributed by atoms with Gasteiger partial charge in [-0.3, -0.25) is 4.79 Å². The molecule has 2 heteroatoms. The summed E-state index contributed by atoms with van der Waals surface area (Å²) in [6.45, 7) is 4.30. The van der Waals surface area contributed by atoms with Gasteiger partial charge in [-0.15, -0.1) is 0 Å². The number of hydrogen-bond acceptors (Lipinski definition) is 1. The van der Waals surface area contributed by atoms with E-state index in [1.807, 2.05) is 18.2 Å². The summed E-state index contributed by atoms with van der Waals surface area (Å²) in [5.41, 5.74) is 1.20. The largest absolute Gasteiger partial charge is 0.349 e. The molecule has 2 nitrogen and oxygen atoms in total. The molecule has 1 amide bonds. The van der Waals surface area contributed by atoms with E-state index in [0.717, 1.165) is 12.8 Å². The summed E-state index contributed by atoms with van der Waals surface area (Å²) in [7, 11) is 0. The summed E-state index contributed by atoms with van der Waals surface area (Å²) in [5.74, 6) is 0.917. The molecule has 1 aliphatic rings. The Morgan fingerprint density at radius 1 is 1.24 bits per heavy atom. The highest BCUT2D eigenvalue weighted by Crippen LogP contribution is 2.28. The Balaban J connectivity index is 2.05. The lowest BCUT2D eigenvalue weighted by molar-refractivity contribution is -0.128. The van der Waals surface area contributed by atoms with Crippen LogP contribution < -0.4 is 5.32 Å². The van der Waals surface area contributed by atoms with Crippen molar-refractivity contribution in [3.8, 4) is 0 Å². The summed E-state index contributed by atoms with van der Waals surface area (Å²) in [6.07, 6.45) is 3.33. The first kappa shape index (κ1) is 12.2. The van der Waals surface area contributed by atoms with Crippen molar-refractivity contribution in [3.63, 3.8) is 0 Å². The van der Waals surface area contributed by atoms with E-state index in [2.05, 4.69) is 31.3 Å². The lowest BCUT2D eigenvalue weighted by Gasteiger charge is -2.29. The first-order chi connectivity index (χ1) is 8.18. The predicted octanol–water partition coefficient (Wildman–Crippen LogP) is 3.30. The van der Waals surface area contributed by atoms with Crippen molar-refractivity contribution in [1.82, 2.24) is 5.32 Å². The smallest absolute Gasteiger partial charge is 0.223 e. The van der Waals surface area contributed by atoms with Crippen LogP contribution in [0.25, 0.3) is 0 Å². The van der Waals surface area contributed by atoms with Gasteiger partial charge in [0.25, 0.3) is 0 Å². The molecule has 0 unspecified atom stereocenters. The zero-order chi connectivity index (χ0) is 12.3. The minimum Gasteiger partial charge on any atom is -0.349 e. The van der Waals surface area contributed by atoms with Crippen molar-refractivity contribution < 1.29 is 4.79 Å². The third kappa shape index (κ3) is 2.87. The van der Waals surface area contributed by atoms with Gasteiger partial charge in [-0.05, 0) is 24.3 Å². The van der Waals surface area contributed by atoms with Crippen LogP contribution in [0.1, 0.15) is 44.7 Å². The molecule has 0 bridgehead atoms. The second kappa shape index (κ2) is 5.35. The molecule has 1 aromatic rings. The molecule has 1 saturated carbocycles. The Morgan fingerprint density at radius 2 is 1.88 bits per heavy atom. The number of carbonyl (C=O) groups is 1. The van der Waals surface area contributed by atoms with E-state index < -0.39 is 0 Å². The fraction of sp³-hybridized carbons (Fsp3) is 0.533. The standard InChI is InChI=1S/C15H21NO/c1-11(2)14(12-7-4-3-5-8-12)16-15(17)13-9-6-10-13/h3-5,7-8,11,13-14H,6,9-10H2,1-2H3,(H,16,17)/t14-/m0/s1. The maximum absolute atomic E-state index is 12.0. The normalized spacial score (nSPS) is 17.6. The highest BCUT2D eigenvalue weighted by Gasteiger charge is 2.28. The minimum absolute atomic E-state index is 0.143. The van der Waals surface area contributed by atoms with Crippen LogP contribution in [-0.4, -0.2) is 5.91 Å². The summed E-state index contributed by atoms with van der Waals surface area (Å²) in [5, 5.41) is 3.20. The monoisotopic (exact) mass is 231 g/mol. The molecule has 92 valence electrons. The Labute approximate surface area is 103 Å². The molecule has 0 radical (unpaired) electrons. The third-order valence-corrected chi connectivity index (χ3v) is 3.60. The quantitative estimate of drug-likeness (QED) is 0.846. The van der Waals surface area contributed by atoms with Crippen LogP contribution in [0.4, 0.5) is 0 Å². The number of benzene rings is 1. The van der Waals surface area contributed by atoms with Gasteiger partial charge >= 0.3 is 0 Å². The fourth-order valence-electron chi connectivity index (χ4n) is 2.24. The molecule has 1 fully saturated rings. The van der Waals surface area contributed by atoms with Gasteiger partial charge in [0.2, 0.25) is 5.91 Å². The molecule has 0 aliphatic heterocycles. The summed E-state index contributed by atoms with van der Waals surface area (Å²) >= 11 is 0. The van der Waals surface area contributed by atoms with E-state index in [4.69, 9.17) is 0 Å². The molecular weight excluding hydrogens is 210 g/mol. The van der Waals surface area contributed by atoms with Gasteiger partial charge in [-0.25, -0.2) is 0 Å². The van der Waals surface area contributed by atoms with E-state index in [1.165, 1.54) is 12.0 Å². The molecule has 0 saturated heterocycles. The van der Waals surface area contributed by atoms with Gasteiger partial charge in [-0.2, -0.15) is 0 Å². The zero-order valence-electron chi connectivity index (χ0n) is 10.6. The molecular formula is C15H21NO. The maximum Gasteiger partial charge on any atom is 0.223 e. The van der Waals surface area contributed by atoms with Gasteiger partial charge in [-0.1, -0.05) is 50.6 Å². The van der Waals surface area contributed by atoms with Crippen LogP contribution in [0, 0.1) is 11.8 Å². The van der Waals surface area contributed by atoms with Crippen molar-refractivity contribution in [2.45, 2.75) is 39.2 Å². The number of carbonyl (C=O) groups excluding carboxylic acids is 1. The van der Waals surface area contributed by atoms with Crippen LogP contribution in [0.15, 0.2) is 30.3 Å². The predicted molar refractivity (Wildman–Crippen MR) is 69.5 cm³/mol. The van der Waals surface area contributed by atoms with Gasteiger partial charge in [0.1, 0.15) is 0 Å². The first-order valence-electron chi connectivity index (χ1n) is 6.54. The Morgan fingerprint density at radius 3 is 2.35 bits per heavy atom. The molecule has 17 heavy (non-hydrogen) atoms. The third-order valence-electron chi connectivity index (χ3n) is 3.60. The van der Waals surface area contributed by atoms with Crippen molar-refractivity contribution >= 4 is 5.91 Å². The van der Waals surface area contributed by atoms with E-state index in [-0.39, 0.29) is 17.9 Å². The lowest BCUT2D eigenvalue weighted by atomic mass is 9.84. The van der Waals surface area contributed by atoms with Gasteiger partial charge in [0.05, 0.1) is 6.04 Å². The summed E-state index contributed by atoms with van der Waals surface area (Å²) < 4.78 is 0. The molecule has 0 heterocycles. The lowest BCUT2D eigenvalue weighted by Crippen LogP contribution is -2.38. The highest BCUT2D eigenvalue weighted by molar-refractivity contribution is 5.79. The number of hydrogen-bond donors (Lipinski definition) is 1. The van der Waals surface area contributed by atoms with Gasteiger partial charge in [0.15, 0.2) is 0 Å². The van der Waals surface area contributed by atoms with E-state index >= 15 is 0 Å². The Bertz CT molecular complexity index is 368. The molecule has 0 spiro atoms. The maximum atomic E-state index is 12.0. The van der Waals surface area contributed by atoms with Gasteiger partial charge in [0, 0.05) is 5.92 Å². The second-order valence-corrected chi connectivity index (χ2v) is 5.27. The Kier molecular flexibility index (Phi) is 3.82. The Hall–Kier alpha value is -1.31. The zero-order valence-corrected chi connectivity index (χ0v) is 10.6. The molecule has 1 aromatic carbocycles. The van der Waals surface area contributed by atoms with Crippen molar-refractivity contribution in [1.29, 1.82) is 0 Å². The number of amides is 1. The van der Waals surface area contributed by atoms with Crippen LogP contribution in [0.3, 0.4) is 0 Å².